The molecule has 14 heavy (non-hydrogen) atoms. The second-order valence-electron chi connectivity index (χ2n) is 2.37. The molecule has 1 rings (SSSR count). The summed E-state index contributed by atoms with van der Waals surface area (Å²) in [6.45, 7) is 0. The maximum Gasteiger partial charge on any atom is 0.302 e. The zero-order valence-corrected chi connectivity index (χ0v) is 6.64. The van der Waals surface area contributed by atoms with Crippen molar-refractivity contribution in [1.29, 1.82) is 0 Å². The number of nitrogens with two attached hydrogens (primary N) is 1. The number of nitrogens with zero attached hydrogens (tertiary/aromatic N) is 2. The molecule has 8 heteroatoms. The average Bonchev–Trinajstić information content (AvgIpc) is 2.07. The zero-order chi connectivity index (χ0) is 10.9. The molecule has 7 nitrogen and oxygen atoms in total. The Morgan fingerprint density at radius 2 is 1.50 bits per heavy atom. The number of nitrogen functional groups attached to an aromatic ring is 1. The summed E-state index contributed by atoms with van der Waals surface area (Å²) in [5, 5.41) is 20.6. The second kappa shape index (κ2) is 3.24. The van der Waals surface area contributed by atoms with Crippen LogP contribution >= 0.6 is 0 Å². The number of hydrogen-bond acceptors (Lipinski definition) is 5. The van der Waals surface area contributed by atoms with Gasteiger partial charge in [-0.2, -0.15) is 0 Å². The molecular formula is C6H4FN3O4. The Morgan fingerprint density at radius 3 is 1.79 bits per heavy atom. The van der Waals surface area contributed by atoms with Gasteiger partial charge in [0.15, 0.2) is 5.69 Å². The summed E-state index contributed by atoms with van der Waals surface area (Å²) < 4.78 is 12.7. The first-order valence-electron chi connectivity index (χ1n) is 3.31. The highest BCUT2D eigenvalue weighted by Crippen LogP contribution is 2.31. The van der Waals surface area contributed by atoms with E-state index in [0.29, 0.717) is 12.1 Å². The minimum absolute atomic E-state index is 0.530. The Hall–Kier alpha value is -2.25. The van der Waals surface area contributed by atoms with Crippen LogP contribution in [0.4, 0.5) is 21.5 Å². The van der Waals surface area contributed by atoms with E-state index in [2.05, 4.69) is 0 Å². The van der Waals surface area contributed by atoms with E-state index >= 15 is 0 Å². The molecule has 0 bridgehead atoms. The molecular weight excluding hydrogens is 197 g/mol. The van der Waals surface area contributed by atoms with Gasteiger partial charge < -0.3 is 5.73 Å². The molecule has 0 heterocycles. The molecule has 0 fully saturated rings. The molecule has 0 spiro atoms. The van der Waals surface area contributed by atoms with E-state index < -0.39 is 32.7 Å². The Kier molecular flexibility index (Phi) is 2.28. The zero-order valence-electron chi connectivity index (χ0n) is 6.64. The van der Waals surface area contributed by atoms with Crippen LogP contribution in [0, 0.1) is 26.0 Å². The quantitative estimate of drug-likeness (QED) is 0.439. The predicted molar refractivity (Wildman–Crippen MR) is 44.1 cm³/mol. The van der Waals surface area contributed by atoms with Crippen LogP contribution in [0.25, 0.3) is 0 Å². The summed E-state index contributed by atoms with van der Waals surface area (Å²) in [5.74, 6) is -1.07. The Morgan fingerprint density at radius 1 is 1.14 bits per heavy atom. The standard InChI is InChI=1S/C6H4FN3O4/c7-3-1-4(9(11)12)6(8)5(2-3)10(13)14/h1-2H,8H2. The summed E-state index contributed by atoms with van der Waals surface area (Å²) in [5.41, 5.74) is 2.84. The SMILES string of the molecule is Nc1c([N+](=O)[O-])cc(F)cc1[N+](=O)[O-]. The first-order valence-corrected chi connectivity index (χ1v) is 3.31. The fourth-order valence-corrected chi connectivity index (χ4v) is 0.892. The Balaban J connectivity index is 3.47. The van der Waals surface area contributed by atoms with Gasteiger partial charge in [0.1, 0.15) is 5.82 Å². The van der Waals surface area contributed by atoms with Crippen LogP contribution in [-0.2, 0) is 0 Å². The third-order valence-electron chi connectivity index (χ3n) is 1.49. The molecule has 0 aliphatic heterocycles. The fourth-order valence-electron chi connectivity index (χ4n) is 0.892. The molecule has 0 atom stereocenters. The monoisotopic (exact) mass is 201 g/mol. The van der Waals surface area contributed by atoms with Gasteiger partial charge in [0.2, 0.25) is 0 Å². The second-order valence-corrected chi connectivity index (χ2v) is 2.37. The van der Waals surface area contributed by atoms with Gasteiger partial charge in [-0.15, -0.1) is 0 Å². The highest BCUT2D eigenvalue weighted by Gasteiger charge is 2.24. The van der Waals surface area contributed by atoms with Crippen LogP contribution in [0.15, 0.2) is 12.1 Å². The van der Waals surface area contributed by atoms with Crippen molar-refractivity contribution in [2.45, 2.75) is 0 Å². The summed E-state index contributed by atoms with van der Waals surface area (Å²) in [4.78, 5) is 18.6. The van der Waals surface area contributed by atoms with Gasteiger partial charge in [-0.25, -0.2) is 4.39 Å². The van der Waals surface area contributed by atoms with Crippen molar-refractivity contribution < 1.29 is 14.2 Å². The van der Waals surface area contributed by atoms with E-state index in [4.69, 9.17) is 5.73 Å². The molecule has 0 saturated carbocycles. The number of benzene rings is 1. The molecule has 0 radical (unpaired) electrons. The highest BCUT2D eigenvalue weighted by atomic mass is 19.1. The van der Waals surface area contributed by atoms with Gasteiger partial charge in [0, 0.05) is 0 Å². The molecule has 0 aromatic heterocycles. The average molecular weight is 201 g/mol. The molecule has 1 aromatic rings. The number of anilines is 1. The third kappa shape index (κ3) is 1.58. The van der Waals surface area contributed by atoms with Crippen molar-refractivity contribution >= 4 is 17.1 Å². The van der Waals surface area contributed by atoms with Crippen LogP contribution in [0.1, 0.15) is 0 Å². The van der Waals surface area contributed by atoms with Gasteiger partial charge >= 0.3 is 11.4 Å². The van der Waals surface area contributed by atoms with Gasteiger partial charge in [-0.05, 0) is 0 Å². The molecule has 0 amide bonds. The van der Waals surface area contributed by atoms with Crippen molar-refractivity contribution in [3.05, 3.63) is 38.2 Å². The van der Waals surface area contributed by atoms with Gasteiger partial charge in [0.05, 0.1) is 22.0 Å². The molecule has 2 N–H and O–H groups in total. The maximum atomic E-state index is 12.7. The molecule has 1 aromatic carbocycles. The van der Waals surface area contributed by atoms with E-state index in [9.17, 15) is 24.6 Å². The largest absolute Gasteiger partial charge is 0.387 e. The summed E-state index contributed by atoms with van der Waals surface area (Å²) >= 11 is 0. The Labute approximate surface area is 76.2 Å². The fraction of sp³-hybridized carbons (Fsp3) is 0. The van der Waals surface area contributed by atoms with Crippen LogP contribution in [0.5, 0.6) is 0 Å². The number of nitro groups is 2. The van der Waals surface area contributed by atoms with Gasteiger partial charge in [0.25, 0.3) is 0 Å². The van der Waals surface area contributed by atoms with Gasteiger partial charge in [-0.3, -0.25) is 20.2 Å². The van der Waals surface area contributed by atoms with Crippen LogP contribution < -0.4 is 5.73 Å². The predicted octanol–water partition coefficient (Wildman–Crippen LogP) is 1.22. The third-order valence-corrected chi connectivity index (χ3v) is 1.49. The number of nitro benzene ring substituents is 2. The molecule has 0 saturated heterocycles. The molecule has 74 valence electrons. The first-order chi connectivity index (χ1) is 6.43. The van der Waals surface area contributed by atoms with E-state index in [1.165, 1.54) is 0 Å². The van der Waals surface area contributed by atoms with Crippen molar-refractivity contribution in [2.24, 2.45) is 0 Å². The minimum Gasteiger partial charge on any atom is -0.387 e. The minimum atomic E-state index is -1.07. The summed E-state index contributed by atoms with van der Waals surface area (Å²) in [6, 6.07) is 1.06. The number of halogens is 1. The smallest absolute Gasteiger partial charge is 0.302 e. The van der Waals surface area contributed by atoms with Gasteiger partial charge in [-0.1, -0.05) is 0 Å². The lowest BCUT2D eigenvalue weighted by molar-refractivity contribution is -0.392. The van der Waals surface area contributed by atoms with E-state index in [1.807, 2.05) is 0 Å². The first kappa shape index (κ1) is 9.84. The highest BCUT2D eigenvalue weighted by molar-refractivity contribution is 5.70. The summed E-state index contributed by atoms with van der Waals surface area (Å²) in [6.07, 6.45) is 0. The lowest BCUT2D eigenvalue weighted by atomic mass is 10.2. The normalized spacial score (nSPS) is 9.79. The van der Waals surface area contributed by atoms with Crippen molar-refractivity contribution in [3.63, 3.8) is 0 Å². The lowest BCUT2D eigenvalue weighted by Gasteiger charge is -1.98. The van der Waals surface area contributed by atoms with Crippen LogP contribution in [0.3, 0.4) is 0 Å². The van der Waals surface area contributed by atoms with Crippen molar-refractivity contribution in [3.8, 4) is 0 Å². The van der Waals surface area contributed by atoms with Crippen molar-refractivity contribution in [2.75, 3.05) is 5.73 Å². The summed E-state index contributed by atoms with van der Waals surface area (Å²) in [7, 11) is 0. The molecule has 0 aliphatic rings. The molecule has 0 unspecified atom stereocenters. The van der Waals surface area contributed by atoms with Crippen LogP contribution in [-0.4, -0.2) is 9.85 Å². The Bertz CT molecular complexity index is 385. The number of rotatable bonds is 2. The van der Waals surface area contributed by atoms with Crippen molar-refractivity contribution in [1.82, 2.24) is 0 Å². The number of hydrogen-bond donors (Lipinski definition) is 1. The van der Waals surface area contributed by atoms with E-state index in [1.54, 1.807) is 0 Å². The van der Waals surface area contributed by atoms with Crippen LogP contribution in [0.2, 0.25) is 0 Å². The van der Waals surface area contributed by atoms with E-state index in [0.717, 1.165) is 0 Å². The molecule has 0 aliphatic carbocycles. The van der Waals surface area contributed by atoms with E-state index in [-0.39, 0.29) is 0 Å². The lowest BCUT2D eigenvalue weighted by Crippen LogP contribution is -2.01. The maximum absolute atomic E-state index is 12.7. The topological polar surface area (TPSA) is 112 Å².